The highest BCUT2D eigenvalue weighted by atomic mass is 79.9. The van der Waals surface area contributed by atoms with Crippen LogP contribution < -0.4 is 15.4 Å². The molecule has 2 rings (SSSR count). The van der Waals surface area contributed by atoms with E-state index in [4.69, 9.17) is 4.74 Å². The summed E-state index contributed by atoms with van der Waals surface area (Å²) in [4.78, 5) is 8.32. The molecule has 0 amide bonds. The van der Waals surface area contributed by atoms with Gasteiger partial charge in [-0.2, -0.15) is 0 Å². The molecule has 2 aromatic rings. The van der Waals surface area contributed by atoms with Crippen molar-refractivity contribution in [3.05, 3.63) is 35.1 Å². The number of benzene rings is 1. The summed E-state index contributed by atoms with van der Waals surface area (Å²) in [5.41, 5.74) is 0.889. The van der Waals surface area contributed by atoms with Crippen LogP contribution in [0.2, 0.25) is 0 Å². The van der Waals surface area contributed by atoms with Crippen LogP contribution in [0.25, 0.3) is 0 Å². The minimum absolute atomic E-state index is 0.722. The van der Waals surface area contributed by atoms with E-state index in [-0.39, 0.29) is 0 Å². The number of aromatic nitrogens is 2. The van der Waals surface area contributed by atoms with Gasteiger partial charge in [-0.05, 0) is 35.0 Å². The van der Waals surface area contributed by atoms with Crippen molar-refractivity contribution in [3.8, 4) is 5.75 Å². The molecule has 0 saturated carbocycles. The molecule has 6 heteroatoms. The van der Waals surface area contributed by atoms with Crippen LogP contribution in [0, 0.1) is 0 Å². The summed E-state index contributed by atoms with van der Waals surface area (Å²) in [5.74, 6) is 2.30. The number of rotatable bonds is 5. The number of ether oxygens (including phenoxy) is 1. The SMILES string of the molecule is CCNc1cc(Nc2cc(OC)ccc2Br)ncn1. The minimum Gasteiger partial charge on any atom is -0.497 e. The van der Waals surface area contributed by atoms with E-state index < -0.39 is 0 Å². The number of anilines is 3. The maximum Gasteiger partial charge on any atom is 0.135 e. The zero-order valence-electron chi connectivity index (χ0n) is 10.8. The predicted octanol–water partition coefficient (Wildman–Crippen LogP) is 3.42. The van der Waals surface area contributed by atoms with Crippen LogP contribution in [0.4, 0.5) is 17.3 Å². The number of hydrogen-bond donors (Lipinski definition) is 2. The van der Waals surface area contributed by atoms with E-state index in [0.29, 0.717) is 0 Å². The van der Waals surface area contributed by atoms with E-state index in [9.17, 15) is 0 Å². The van der Waals surface area contributed by atoms with Crippen molar-refractivity contribution in [2.24, 2.45) is 0 Å². The summed E-state index contributed by atoms with van der Waals surface area (Å²) in [6, 6.07) is 7.57. The Hall–Kier alpha value is -1.82. The molecular weight excluding hydrogens is 308 g/mol. The first-order valence-electron chi connectivity index (χ1n) is 5.89. The zero-order chi connectivity index (χ0) is 13.7. The van der Waals surface area contributed by atoms with Crippen LogP contribution in [0.1, 0.15) is 6.92 Å². The van der Waals surface area contributed by atoms with Gasteiger partial charge in [-0.15, -0.1) is 0 Å². The third kappa shape index (κ3) is 3.57. The molecule has 0 atom stereocenters. The topological polar surface area (TPSA) is 59.1 Å². The lowest BCUT2D eigenvalue weighted by Crippen LogP contribution is -2.02. The summed E-state index contributed by atoms with van der Waals surface area (Å²) in [6.07, 6.45) is 1.52. The normalized spacial score (nSPS) is 10.1. The lowest BCUT2D eigenvalue weighted by Gasteiger charge is -2.10. The first kappa shape index (κ1) is 13.6. The van der Waals surface area contributed by atoms with Crippen molar-refractivity contribution in [1.29, 1.82) is 0 Å². The second-order valence-electron chi connectivity index (χ2n) is 3.79. The van der Waals surface area contributed by atoms with Crippen molar-refractivity contribution in [3.63, 3.8) is 0 Å². The van der Waals surface area contributed by atoms with E-state index in [1.54, 1.807) is 7.11 Å². The molecule has 0 fully saturated rings. The molecule has 19 heavy (non-hydrogen) atoms. The van der Waals surface area contributed by atoms with E-state index >= 15 is 0 Å². The van der Waals surface area contributed by atoms with Crippen molar-refractivity contribution < 1.29 is 4.74 Å². The monoisotopic (exact) mass is 322 g/mol. The van der Waals surface area contributed by atoms with Crippen molar-refractivity contribution in [1.82, 2.24) is 9.97 Å². The van der Waals surface area contributed by atoms with Gasteiger partial charge in [-0.3, -0.25) is 0 Å². The lowest BCUT2D eigenvalue weighted by atomic mass is 10.3. The second-order valence-corrected chi connectivity index (χ2v) is 4.64. The average Bonchev–Trinajstić information content (AvgIpc) is 2.42. The summed E-state index contributed by atoms with van der Waals surface area (Å²) in [7, 11) is 1.64. The molecule has 0 unspecified atom stereocenters. The Balaban J connectivity index is 2.22. The smallest absolute Gasteiger partial charge is 0.135 e. The molecule has 1 heterocycles. The number of halogens is 1. The summed E-state index contributed by atoms with van der Waals surface area (Å²) in [6.45, 7) is 2.84. The Morgan fingerprint density at radius 3 is 2.74 bits per heavy atom. The van der Waals surface area contributed by atoms with Gasteiger partial charge in [0.05, 0.1) is 12.8 Å². The van der Waals surface area contributed by atoms with Gasteiger partial charge in [0.1, 0.15) is 23.7 Å². The molecule has 2 N–H and O–H groups in total. The Morgan fingerprint density at radius 1 is 1.21 bits per heavy atom. The summed E-state index contributed by atoms with van der Waals surface area (Å²) >= 11 is 3.49. The minimum atomic E-state index is 0.722. The molecule has 0 bridgehead atoms. The molecule has 1 aromatic carbocycles. The molecule has 0 aliphatic rings. The Labute approximate surface area is 120 Å². The van der Waals surface area contributed by atoms with Gasteiger partial charge in [0.2, 0.25) is 0 Å². The van der Waals surface area contributed by atoms with Gasteiger partial charge < -0.3 is 15.4 Å². The molecule has 0 saturated heterocycles. The fourth-order valence-corrected chi connectivity index (χ4v) is 1.91. The maximum atomic E-state index is 5.20. The summed E-state index contributed by atoms with van der Waals surface area (Å²) in [5, 5.41) is 6.37. The Morgan fingerprint density at radius 2 is 2.00 bits per heavy atom. The fourth-order valence-electron chi connectivity index (χ4n) is 1.57. The second kappa shape index (κ2) is 6.38. The van der Waals surface area contributed by atoms with Crippen LogP contribution in [0.3, 0.4) is 0 Å². The van der Waals surface area contributed by atoms with Crippen LogP contribution in [0.5, 0.6) is 5.75 Å². The van der Waals surface area contributed by atoms with Gasteiger partial charge in [-0.1, -0.05) is 0 Å². The summed E-state index contributed by atoms with van der Waals surface area (Å²) < 4.78 is 6.15. The highest BCUT2D eigenvalue weighted by molar-refractivity contribution is 9.10. The molecule has 0 aliphatic carbocycles. The van der Waals surface area contributed by atoms with E-state index in [0.717, 1.165) is 34.1 Å². The quantitative estimate of drug-likeness (QED) is 0.883. The molecule has 1 aromatic heterocycles. The molecule has 0 spiro atoms. The highest BCUT2D eigenvalue weighted by Gasteiger charge is 2.04. The van der Waals surface area contributed by atoms with Gasteiger partial charge in [0, 0.05) is 23.2 Å². The maximum absolute atomic E-state index is 5.20. The van der Waals surface area contributed by atoms with E-state index in [1.807, 2.05) is 31.2 Å². The predicted molar refractivity (Wildman–Crippen MR) is 80.2 cm³/mol. The highest BCUT2D eigenvalue weighted by Crippen LogP contribution is 2.29. The van der Waals surface area contributed by atoms with Crippen LogP contribution in [-0.4, -0.2) is 23.6 Å². The molecule has 5 nitrogen and oxygen atoms in total. The first-order valence-corrected chi connectivity index (χ1v) is 6.68. The molecule has 100 valence electrons. The fraction of sp³-hybridized carbons (Fsp3) is 0.231. The molecule has 0 radical (unpaired) electrons. The molecule has 0 aliphatic heterocycles. The third-order valence-corrected chi connectivity index (χ3v) is 3.15. The Bertz CT molecular complexity index is 562. The lowest BCUT2D eigenvalue weighted by molar-refractivity contribution is 0.415. The third-order valence-electron chi connectivity index (χ3n) is 2.46. The standard InChI is InChI=1S/C13H15BrN4O/c1-3-15-12-7-13(17-8-16-12)18-11-6-9(19-2)4-5-10(11)14/h4-8H,3H2,1-2H3,(H2,15,16,17,18). The van der Waals surface area contributed by atoms with E-state index in [1.165, 1.54) is 6.33 Å². The van der Waals surface area contributed by atoms with Gasteiger partial charge in [0.15, 0.2) is 0 Å². The van der Waals surface area contributed by atoms with Crippen molar-refractivity contribution in [2.75, 3.05) is 24.3 Å². The van der Waals surface area contributed by atoms with Gasteiger partial charge in [0.25, 0.3) is 0 Å². The largest absolute Gasteiger partial charge is 0.497 e. The number of nitrogens with zero attached hydrogens (tertiary/aromatic N) is 2. The Kier molecular flexibility index (Phi) is 4.57. The zero-order valence-corrected chi connectivity index (χ0v) is 12.4. The molecular formula is C13H15BrN4O. The number of nitrogens with one attached hydrogen (secondary N) is 2. The van der Waals surface area contributed by atoms with Gasteiger partial charge in [-0.25, -0.2) is 9.97 Å². The van der Waals surface area contributed by atoms with Crippen molar-refractivity contribution >= 4 is 33.3 Å². The van der Waals surface area contributed by atoms with Gasteiger partial charge >= 0.3 is 0 Å². The average molecular weight is 323 g/mol. The van der Waals surface area contributed by atoms with Crippen LogP contribution >= 0.6 is 15.9 Å². The first-order chi connectivity index (χ1) is 9.22. The van der Waals surface area contributed by atoms with Crippen LogP contribution in [0.15, 0.2) is 35.1 Å². The number of hydrogen-bond acceptors (Lipinski definition) is 5. The van der Waals surface area contributed by atoms with E-state index in [2.05, 4.69) is 36.5 Å². The number of methoxy groups -OCH3 is 1. The van der Waals surface area contributed by atoms with Crippen molar-refractivity contribution in [2.45, 2.75) is 6.92 Å². The van der Waals surface area contributed by atoms with Crippen LogP contribution in [-0.2, 0) is 0 Å².